The molecule has 0 bridgehead atoms. The van der Waals surface area contributed by atoms with E-state index in [0.29, 0.717) is 17.5 Å². The first-order valence-corrected chi connectivity index (χ1v) is 8.76. The molecule has 6 nitrogen and oxygen atoms in total. The number of halogens is 2. The lowest BCUT2D eigenvalue weighted by Gasteiger charge is -2.33. The number of piperazine rings is 1. The number of carbonyl (C=O) groups is 1. The summed E-state index contributed by atoms with van der Waals surface area (Å²) in [4.78, 5) is 19.3. The van der Waals surface area contributed by atoms with Gasteiger partial charge in [-0.05, 0) is 31.9 Å². The fraction of sp³-hybridized carbons (Fsp3) is 0.471. The SMILES string of the molecule is C[C@@H]1CNCCN1C(=O)c1nc(C2CC2)n(-c2ccccc2Cl)n1.Cl. The van der Waals surface area contributed by atoms with E-state index in [-0.39, 0.29) is 30.2 Å². The van der Waals surface area contributed by atoms with Gasteiger partial charge < -0.3 is 10.2 Å². The predicted octanol–water partition coefficient (Wildman–Crippen LogP) is 2.65. The van der Waals surface area contributed by atoms with Crippen molar-refractivity contribution in [1.29, 1.82) is 0 Å². The molecule has 1 amide bonds. The quantitative estimate of drug-likeness (QED) is 0.887. The Morgan fingerprint density at radius 1 is 1.32 bits per heavy atom. The maximum Gasteiger partial charge on any atom is 0.293 e. The summed E-state index contributed by atoms with van der Waals surface area (Å²) in [5, 5.41) is 8.42. The number of amides is 1. The topological polar surface area (TPSA) is 63.1 Å². The first kappa shape index (κ1) is 18.2. The molecule has 1 atom stereocenters. The van der Waals surface area contributed by atoms with Crippen LogP contribution in [0.1, 0.15) is 42.1 Å². The van der Waals surface area contributed by atoms with Gasteiger partial charge in [0.1, 0.15) is 5.82 Å². The standard InChI is InChI=1S/C17H20ClN5O.ClH/c1-11-10-19-8-9-22(11)17(24)15-20-16(12-6-7-12)23(21-15)14-5-3-2-4-13(14)18;/h2-5,11-12,19H,6-10H2,1H3;1H/t11-;/m1./s1. The maximum absolute atomic E-state index is 12.9. The van der Waals surface area contributed by atoms with E-state index in [1.807, 2.05) is 36.1 Å². The van der Waals surface area contributed by atoms with E-state index in [2.05, 4.69) is 15.4 Å². The van der Waals surface area contributed by atoms with Crippen LogP contribution in [0.25, 0.3) is 5.69 Å². The number of benzene rings is 1. The highest BCUT2D eigenvalue weighted by Crippen LogP contribution is 2.40. The van der Waals surface area contributed by atoms with Crippen LogP contribution >= 0.6 is 24.0 Å². The Bertz CT molecular complexity index is 774. The molecule has 2 aromatic rings. The first-order valence-electron chi connectivity index (χ1n) is 8.38. The number of carbonyl (C=O) groups excluding carboxylic acids is 1. The summed E-state index contributed by atoms with van der Waals surface area (Å²) in [6.07, 6.45) is 2.17. The molecule has 134 valence electrons. The highest BCUT2D eigenvalue weighted by Gasteiger charge is 2.34. The average Bonchev–Trinajstić information content (AvgIpc) is 3.34. The van der Waals surface area contributed by atoms with Crippen LogP contribution in [0, 0.1) is 0 Å². The molecule has 2 heterocycles. The average molecular weight is 382 g/mol. The molecule has 0 unspecified atom stereocenters. The normalized spacial score (nSPS) is 20.2. The summed E-state index contributed by atoms with van der Waals surface area (Å²) in [5.74, 6) is 1.38. The molecule has 1 aromatic carbocycles. The predicted molar refractivity (Wildman–Crippen MR) is 99.0 cm³/mol. The number of aromatic nitrogens is 3. The van der Waals surface area contributed by atoms with Crippen molar-refractivity contribution in [3.05, 3.63) is 40.9 Å². The fourth-order valence-electron chi connectivity index (χ4n) is 3.09. The highest BCUT2D eigenvalue weighted by atomic mass is 35.5. The van der Waals surface area contributed by atoms with Crippen molar-refractivity contribution >= 4 is 29.9 Å². The van der Waals surface area contributed by atoms with Gasteiger partial charge in [0.25, 0.3) is 5.91 Å². The summed E-state index contributed by atoms with van der Waals surface area (Å²) >= 11 is 6.32. The number of para-hydroxylation sites is 1. The lowest BCUT2D eigenvalue weighted by atomic mass is 10.2. The van der Waals surface area contributed by atoms with Gasteiger partial charge in [-0.15, -0.1) is 17.5 Å². The van der Waals surface area contributed by atoms with Crippen molar-refractivity contribution in [2.24, 2.45) is 0 Å². The van der Waals surface area contributed by atoms with Crippen molar-refractivity contribution in [3.8, 4) is 5.69 Å². The van der Waals surface area contributed by atoms with Gasteiger partial charge in [-0.25, -0.2) is 9.67 Å². The second-order valence-corrected chi connectivity index (χ2v) is 6.89. The van der Waals surface area contributed by atoms with E-state index in [1.165, 1.54) is 0 Å². The summed E-state index contributed by atoms with van der Waals surface area (Å²) in [7, 11) is 0. The van der Waals surface area contributed by atoms with Crippen LogP contribution in [0.3, 0.4) is 0 Å². The monoisotopic (exact) mass is 381 g/mol. The van der Waals surface area contributed by atoms with Crippen LogP contribution in [-0.2, 0) is 0 Å². The van der Waals surface area contributed by atoms with Gasteiger partial charge in [0, 0.05) is 31.6 Å². The van der Waals surface area contributed by atoms with Gasteiger partial charge in [0.05, 0.1) is 10.7 Å². The Hall–Kier alpha value is -1.63. The molecular weight excluding hydrogens is 361 g/mol. The Morgan fingerprint density at radius 3 is 2.76 bits per heavy atom. The highest BCUT2D eigenvalue weighted by molar-refractivity contribution is 6.32. The second kappa shape index (κ2) is 7.32. The van der Waals surface area contributed by atoms with Crippen molar-refractivity contribution in [3.63, 3.8) is 0 Å². The van der Waals surface area contributed by atoms with Gasteiger partial charge in [0.2, 0.25) is 5.82 Å². The minimum absolute atomic E-state index is 0. The van der Waals surface area contributed by atoms with Crippen LogP contribution in [0.4, 0.5) is 0 Å². The minimum atomic E-state index is -0.100. The molecule has 1 aliphatic carbocycles. The summed E-state index contributed by atoms with van der Waals surface area (Å²) in [5.41, 5.74) is 0.779. The third kappa shape index (κ3) is 3.52. The molecule has 2 aliphatic rings. The Kier molecular flexibility index (Phi) is 5.32. The third-order valence-electron chi connectivity index (χ3n) is 4.61. The fourth-order valence-corrected chi connectivity index (χ4v) is 3.31. The minimum Gasteiger partial charge on any atom is -0.331 e. The van der Waals surface area contributed by atoms with Gasteiger partial charge in [-0.3, -0.25) is 4.79 Å². The van der Waals surface area contributed by atoms with Crippen molar-refractivity contribution < 1.29 is 4.79 Å². The van der Waals surface area contributed by atoms with E-state index >= 15 is 0 Å². The lowest BCUT2D eigenvalue weighted by Crippen LogP contribution is -2.52. The summed E-state index contributed by atoms with van der Waals surface area (Å²) in [6, 6.07) is 7.68. The molecule has 0 radical (unpaired) electrons. The molecule has 8 heteroatoms. The zero-order valence-corrected chi connectivity index (χ0v) is 15.6. The molecule has 1 saturated heterocycles. The Balaban J connectivity index is 0.00000182. The number of rotatable bonds is 3. The van der Waals surface area contributed by atoms with E-state index in [0.717, 1.165) is 37.4 Å². The maximum atomic E-state index is 12.9. The van der Waals surface area contributed by atoms with Crippen LogP contribution in [0.5, 0.6) is 0 Å². The van der Waals surface area contributed by atoms with E-state index in [4.69, 9.17) is 11.6 Å². The van der Waals surface area contributed by atoms with Gasteiger partial charge in [-0.1, -0.05) is 23.7 Å². The zero-order chi connectivity index (χ0) is 16.7. The van der Waals surface area contributed by atoms with Crippen LogP contribution in [0.2, 0.25) is 5.02 Å². The molecule has 4 rings (SSSR count). The number of nitrogens with one attached hydrogen (secondary N) is 1. The van der Waals surface area contributed by atoms with Gasteiger partial charge in [0.15, 0.2) is 0 Å². The van der Waals surface area contributed by atoms with Gasteiger partial charge >= 0.3 is 0 Å². The van der Waals surface area contributed by atoms with Crippen molar-refractivity contribution in [2.75, 3.05) is 19.6 Å². The largest absolute Gasteiger partial charge is 0.331 e. The van der Waals surface area contributed by atoms with E-state index in [1.54, 1.807) is 4.68 Å². The smallest absolute Gasteiger partial charge is 0.293 e. The number of hydrogen-bond acceptors (Lipinski definition) is 4. The van der Waals surface area contributed by atoms with E-state index < -0.39 is 0 Å². The molecule has 1 aliphatic heterocycles. The number of nitrogens with zero attached hydrogens (tertiary/aromatic N) is 4. The van der Waals surface area contributed by atoms with E-state index in [9.17, 15) is 4.79 Å². The molecule has 2 fully saturated rings. The van der Waals surface area contributed by atoms with Crippen molar-refractivity contribution in [1.82, 2.24) is 25.0 Å². The third-order valence-corrected chi connectivity index (χ3v) is 4.93. The molecule has 1 aromatic heterocycles. The molecule has 1 saturated carbocycles. The van der Waals surface area contributed by atoms with Crippen molar-refractivity contribution in [2.45, 2.75) is 31.7 Å². The summed E-state index contributed by atoms with van der Waals surface area (Å²) in [6.45, 7) is 4.32. The Labute approximate surface area is 158 Å². The molecule has 1 N–H and O–H groups in total. The van der Waals surface area contributed by atoms with Crippen LogP contribution in [0.15, 0.2) is 24.3 Å². The van der Waals surface area contributed by atoms with Crippen LogP contribution < -0.4 is 5.32 Å². The number of hydrogen-bond donors (Lipinski definition) is 1. The molecule has 0 spiro atoms. The summed E-state index contributed by atoms with van der Waals surface area (Å²) < 4.78 is 1.75. The zero-order valence-electron chi connectivity index (χ0n) is 14.0. The van der Waals surface area contributed by atoms with Crippen LogP contribution in [-0.4, -0.2) is 51.2 Å². The Morgan fingerprint density at radius 2 is 2.08 bits per heavy atom. The molecule has 25 heavy (non-hydrogen) atoms. The second-order valence-electron chi connectivity index (χ2n) is 6.48. The lowest BCUT2D eigenvalue weighted by molar-refractivity contribution is 0.0643. The molecular formula is C17H21Cl2N5O. The first-order chi connectivity index (χ1) is 11.6. The van der Waals surface area contributed by atoms with Gasteiger partial charge in [-0.2, -0.15) is 0 Å².